The molecule has 0 saturated carbocycles. The zero-order chi connectivity index (χ0) is 19.3. The Morgan fingerprint density at radius 2 is 1.77 bits per heavy atom. The molecule has 2 rings (SSSR count). The number of carbonyl (C=O) groups excluding carboxylic acids is 2. The molecule has 2 aromatic rings. The van der Waals surface area contributed by atoms with Gasteiger partial charge >= 0.3 is 0 Å². The normalized spacial score (nSPS) is 10.5. The van der Waals surface area contributed by atoms with Crippen LogP contribution in [0.4, 0.5) is 5.69 Å². The van der Waals surface area contributed by atoms with Gasteiger partial charge in [-0.1, -0.05) is 49.2 Å². The molecule has 26 heavy (non-hydrogen) atoms. The summed E-state index contributed by atoms with van der Waals surface area (Å²) < 4.78 is 5.07. The van der Waals surface area contributed by atoms with Gasteiger partial charge in [0, 0.05) is 23.7 Å². The molecule has 0 atom stereocenters. The van der Waals surface area contributed by atoms with Gasteiger partial charge in [0.15, 0.2) is 5.75 Å². The van der Waals surface area contributed by atoms with Crippen molar-refractivity contribution in [1.82, 2.24) is 5.32 Å². The fourth-order valence-corrected chi connectivity index (χ4v) is 2.86. The first-order valence-electron chi connectivity index (χ1n) is 8.03. The van der Waals surface area contributed by atoms with Crippen LogP contribution in [-0.2, 0) is 11.3 Å². The Morgan fingerprint density at radius 1 is 1.12 bits per heavy atom. The van der Waals surface area contributed by atoms with E-state index in [4.69, 9.17) is 27.9 Å². The minimum Gasteiger partial charge on any atom is -0.494 e. The summed E-state index contributed by atoms with van der Waals surface area (Å²) in [6.07, 6.45) is 0. The van der Waals surface area contributed by atoms with E-state index in [9.17, 15) is 9.59 Å². The maximum atomic E-state index is 12.3. The van der Waals surface area contributed by atoms with Crippen molar-refractivity contribution in [1.29, 1.82) is 0 Å². The lowest BCUT2D eigenvalue weighted by molar-refractivity contribution is -0.118. The molecule has 0 heterocycles. The van der Waals surface area contributed by atoms with Crippen LogP contribution < -0.4 is 15.4 Å². The van der Waals surface area contributed by atoms with Crippen LogP contribution in [-0.4, -0.2) is 18.9 Å². The van der Waals surface area contributed by atoms with E-state index in [1.807, 2.05) is 32.0 Å². The standard InChI is InChI=1S/C19H20Cl2N2O3/c1-11(2)18(24)23-14-6-4-5-12(7-14)10-22-19(25)13-8-15(20)17(26-3)16(21)9-13/h4-9,11H,10H2,1-3H3,(H,22,25)(H,23,24). The summed E-state index contributed by atoms with van der Waals surface area (Å²) in [6, 6.07) is 10.3. The highest BCUT2D eigenvalue weighted by Crippen LogP contribution is 2.33. The van der Waals surface area contributed by atoms with Crippen molar-refractivity contribution in [3.05, 3.63) is 57.6 Å². The smallest absolute Gasteiger partial charge is 0.251 e. The summed E-state index contributed by atoms with van der Waals surface area (Å²) in [5.74, 6) is -0.150. The average molecular weight is 395 g/mol. The minimum absolute atomic E-state index is 0.0614. The molecule has 7 heteroatoms. The van der Waals surface area contributed by atoms with Gasteiger partial charge in [0.25, 0.3) is 5.91 Å². The van der Waals surface area contributed by atoms with Gasteiger partial charge in [0.2, 0.25) is 5.91 Å². The van der Waals surface area contributed by atoms with Crippen LogP contribution in [0.3, 0.4) is 0 Å². The summed E-state index contributed by atoms with van der Waals surface area (Å²) in [4.78, 5) is 24.1. The second-order valence-corrected chi connectivity index (χ2v) is 6.81. The number of rotatable bonds is 6. The molecule has 0 aliphatic heterocycles. The Labute approximate surface area is 162 Å². The van der Waals surface area contributed by atoms with E-state index in [2.05, 4.69) is 10.6 Å². The van der Waals surface area contributed by atoms with Gasteiger partial charge in [0.05, 0.1) is 17.2 Å². The molecule has 0 saturated heterocycles. The number of halogens is 2. The number of hydrogen-bond donors (Lipinski definition) is 2. The van der Waals surface area contributed by atoms with Crippen molar-refractivity contribution in [3.63, 3.8) is 0 Å². The zero-order valence-electron chi connectivity index (χ0n) is 14.7. The Kier molecular flexibility index (Phi) is 6.89. The second kappa shape index (κ2) is 8.92. The largest absolute Gasteiger partial charge is 0.494 e. The number of ether oxygens (including phenoxy) is 1. The summed E-state index contributed by atoms with van der Waals surface area (Å²) in [7, 11) is 1.46. The van der Waals surface area contributed by atoms with Crippen LogP contribution in [0.1, 0.15) is 29.8 Å². The highest BCUT2D eigenvalue weighted by Gasteiger charge is 2.13. The van der Waals surface area contributed by atoms with E-state index in [1.54, 1.807) is 6.07 Å². The van der Waals surface area contributed by atoms with Gasteiger partial charge in [-0.2, -0.15) is 0 Å². The molecule has 2 aromatic carbocycles. The Balaban J connectivity index is 2.05. The third kappa shape index (κ3) is 5.13. The lowest BCUT2D eigenvalue weighted by atomic mass is 10.1. The zero-order valence-corrected chi connectivity index (χ0v) is 16.2. The number of anilines is 1. The highest BCUT2D eigenvalue weighted by molar-refractivity contribution is 6.37. The van der Waals surface area contributed by atoms with E-state index >= 15 is 0 Å². The SMILES string of the molecule is COc1c(Cl)cc(C(=O)NCc2cccc(NC(=O)C(C)C)c2)cc1Cl. The monoisotopic (exact) mass is 394 g/mol. The number of amides is 2. The molecule has 0 aliphatic rings. The molecule has 0 unspecified atom stereocenters. The van der Waals surface area contributed by atoms with Crippen molar-refractivity contribution in [2.45, 2.75) is 20.4 Å². The first-order chi connectivity index (χ1) is 12.3. The quantitative estimate of drug-likeness (QED) is 0.756. The van der Waals surface area contributed by atoms with Crippen molar-refractivity contribution in [2.24, 2.45) is 5.92 Å². The third-order valence-corrected chi connectivity index (χ3v) is 4.20. The van der Waals surface area contributed by atoms with Crippen molar-refractivity contribution in [3.8, 4) is 5.75 Å². The van der Waals surface area contributed by atoms with Gasteiger partial charge in [-0.15, -0.1) is 0 Å². The van der Waals surface area contributed by atoms with Crippen LogP contribution in [0, 0.1) is 5.92 Å². The third-order valence-electron chi connectivity index (χ3n) is 3.64. The maximum absolute atomic E-state index is 12.3. The summed E-state index contributed by atoms with van der Waals surface area (Å²) >= 11 is 12.1. The molecule has 2 N–H and O–H groups in total. The molecule has 0 fully saturated rings. The fraction of sp³-hybridized carbons (Fsp3) is 0.263. The Morgan fingerprint density at radius 3 is 2.35 bits per heavy atom. The molecule has 2 amide bonds. The molecule has 0 radical (unpaired) electrons. The second-order valence-electron chi connectivity index (χ2n) is 6.00. The Bertz CT molecular complexity index is 799. The summed E-state index contributed by atoms with van der Waals surface area (Å²) in [5.41, 5.74) is 1.88. The van der Waals surface area contributed by atoms with E-state index in [1.165, 1.54) is 19.2 Å². The van der Waals surface area contributed by atoms with E-state index in [0.29, 0.717) is 23.5 Å². The predicted octanol–water partition coefficient (Wildman–Crippen LogP) is 4.53. The first kappa shape index (κ1) is 20.1. The van der Waals surface area contributed by atoms with Gasteiger partial charge < -0.3 is 15.4 Å². The molecule has 0 aromatic heterocycles. The number of hydrogen-bond acceptors (Lipinski definition) is 3. The van der Waals surface area contributed by atoms with E-state index in [-0.39, 0.29) is 27.8 Å². The molecular formula is C19H20Cl2N2O3. The molecule has 0 spiro atoms. The number of methoxy groups -OCH3 is 1. The molecule has 0 bridgehead atoms. The van der Waals surface area contributed by atoms with Crippen LogP contribution >= 0.6 is 23.2 Å². The lowest BCUT2D eigenvalue weighted by Gasteiger charge is -2.11. The minimum atomic E-state index is -0.312. The van der Waals surface area contributed by atoms with Crippen molar-refractivity contribution >= 4 is 40.7 Å². The van der Waals surface area contributed by atoms with Crippen LogP contribution in [0.2, 0.25) is 10.0 Å². The summed E-state index contributed by atoms with van der Waals surface area (Å²) in [6.45, 7) is 3.94. The predicted molar refractivity (Wildman–Crippen MR) is 104 cm³/mol. The molecular weight excluding hydrogens is 375 g/mol. The molecule has 5 nitrogen and oxygen atoms in total. The van der Waals surface area contributed by atoms with E-state index in [0.717, 1.165) is 5.56 Å². The average Bonchev–Trinajstić information content (AvgIpc) is 2.59. The van der Waals surface area contributed by atoms with Gasteiger partial charge in [-0.05, 0) is 29.8 Å². The molecule has 0 aliphatic carbocycles. The lowest BCUT2D eigenvalue weighted by Crippen LogP contribution is -2.23. The number of benzene rings is 2. The van der Waals surface area contributed by atoms with Crippen molar-refractivity contribution in [2.75, 3.05) is 12.4 Å². The maximum Gasteiger partial charge on any atom is 0.251 e. The fourth-order valence-electron chi connectivity index (χ4n) is 2.22. The van der Waals surface area contributed by atoms with Gasteiger partial charge in [-0.25, -0.2) is 0 Å². The summed E-state index contributed by atoms with van der Waals surface area (Å²) in [5, 5.41) is 6.16. The highest BCUT2D eigenvalue weighted by atomic mass is 35.5. The van der Waals surface area contributed by atoms with Crippen LogP contribution in [0.25, 0.3) is 0 Å². The van der Waals surface area contributed by atoms with E-state index < -0.39 is 0 Å². The van der Waals surface area contributed by atoms with Crippen LogP contribution in [0.15, 0.2) is 36.4 Å². The van der Waals surface area contributed by atoms with Gasteiger partial charge in [-0.3, -0.25) is 9.59 Å². The van der Waals surface area contributed by atoms with Crippen LogP contribution in [0.5, 0.6) is 5.75 Å². The number of nitrogens with one attached hydrogen (secondary N) is 2. The first-order valence-corrected chi connectivity index (χ1v) is 8.78. The number of carbonyl (C=O) groups is 2. The topological polar surface area (TPSA) is 67.4 Å². The van der Waals surface area contributed by atoms with Crippen molar-refractivity contribution < 1.29 is 14.3 Å². The van der Waals surface area contributed by atoms with Gasteiger partial charge in [0.1, 0.15) is 0 Å². The molecule has 138 valence electrons. The Hall–Kier alpha value is -2.24.